The number of halogens is 4. The van der Waals surface area contributed by atoms with E-state index in [0.29, 0.717) is 54.2 Å². The van der Waals surface area contributed by atoms with Gasteiger partial charge in [-0.1, -0.05) is 11.6 Å². The molecule has 0 N–H and O–H groups in total. The quantitative estimate of drug-likeness (QED) is 0.584. The number of hydrogen-bond acceptors (Lipinski definition) is 3. The highest BCUT2D eigenvalue weighted by atomic mass is 35.5. The minimum atomic E-state index is -4.51. The Morgan fingerprint density at radius 3 is 2.61 bits per heavy atom. The van der Waals surface area contributed by atoms with Crippen LogP contribution in [-0.4, -0.2) is 46.7 Å². The van der Waals surface area contributed by atoms with Crippen LogP contribution in [0.25, 0.3) is 10.9 Å². The maximum Gasteiger partial charge on any atom is 0.433 e. The maximum absolute atomic E-state index is 13.0. The third-order valence-corrected chi connectivity index (χ3v) is 6.10. The van der Waals surface area contributed by atoms with E-state index in [0.717, 1.165) is 22.9 Å². The Hall–Kier alpha value is -2.58. The Bertz CT molecular complexity index is 1150. The Kier molecular flexibility index (Phi) is 5.70. The monoisotopic (exact) mass is 451 g/mol. The van der Waals surface area contributed by atoms with E-state index in [1.165, 1.54) is 6.20 Å². The number of amides is 1. The van der Waals surface area contributed by atoms with E-state index in [4.69, 9.17) is 16.3 Å². The van der Waals surface area contributed by atoms with Gasteiger partial charge in [0.05, 0.1) is 18.7 Å². The van der Waals surface area contributed by atoms with E-state index in [1.54, 1.807) is 34.7 Å². The molecule has 0 unspecified atom stereocenters. The molecule has 0 radical (unpaired) electrons. The van der Waals surface area contributed by atoms with Crippen LogP contribution >= 0.6 is 11.6 Å². The molecule has 0 saturated carbocycles. The predicted molar refractivity (Wildman–Crippen MR) is 111 cm³/mol. The number of alkyl halides is 3. The Labute approximate surface area is 182 Å². The third-order valence-electron chi connectivity index (χ3n) is 5.74. The number of aryl methyl sites for hydroxylation is 1. The van der Waals surface area contributed by atoms with Crippen LogP contribution in [0.1, 0.15) is 32.9 Å². The number of carbonyl (C=O) groups is 1. The molecule has 3 aromatic rings. The maximum atomic E-state index is 13.0. The van der Waals surface area contributed by atoms with Crippen LogP contribution in [0.3, 0.4) is 0 Å². The smallest absolute Gasteiger partial charge is 0.378 e. The van der Waals surface area contributed by atoms with E-state index in [-0.39, 0.29) is 5.91 Å². The summed E-state index contributed by atoms with van der Waals surface area (Å²) in [5.74, 6) is -0.0743. The van der Waals surface area contributed by atoms with Crippen molar-refractivity contribution in [2.75, 3.05) is 26.3 Å². The van der Waals surface area contributed by atoms with Crippen LogP contribution in [0.5, 0.6) is 0 Å². The molecule has 5 nitrogen and oxygen atoms in total. The molecule has 9 heteroatoms. The summed E-state index contributed by atoms with van der Waals surface area (Å²) in [6.07, 6.45) is -2.90. The summed E-state index contributed by atoms with van der Waals surface area (Å²) in [5, 5.41) is 1.12. The summed E-state index contributed by atoms with van der Waals surface area (Å²) in [6, 6.07) is 6.27. The second-order valence-corrected chi connectivity index (χ2v) is 8.01. The number of hydrogen-bond donors (Lipinski definition) is 0. The van der Waals surface area contributed by atoms with Gasteiger partial charge in [-0.3, -0.25) is 9.78 Å². The molecule has 1 amide bonds. The molecule has 31 heavy (non-hydrogen) atoms. The first-order valence-electron chi connectivity index (χ1n) is 9.83. The number of fused-ring (bicyclic) bond motifs is 1. The summed E-state index contributed by atoms with van der Waals surface area (Å²) in [7, 11) is 1.71. The second kappa shape index (κ2) is 8.16. The number of ether oxygens (including phenoxy) is 1. The Morgan fingerprint density at radius 2 is 1.94 bits per heavy atom. The highest BCUT2D eigenvalue weighted by Crippen LogP contribution is 2.32. The Morgan fingerprint density at radius 1 is 1.23 bits per heavy atom. The zero-order chi connectivity index (χ0) is 22.3. The topological polar surface area (TPSA) is 47.4 Å². The Balaban J connectivity index is 1.70. The lowest BCUT2D eigenvalue weighted by molar-refractivity contribution is -0.141. The van der Waals surface area contributed by atoms with Gasteiger partial charge in [0.2, 0.25) is 0 Å². The molecule has 0 spiro atoms. The summed E-state index contributed by atoms with van der Waals surface area (Å²) in [4.78, 5) is 18.3. The first-order valence-corrected chi connectivity index (χ1v) is 10.2. The number of aromatic nitrogens is 2. The molecule has 1 aliphatic heterocycles. The van der Waals surface area contributed by atoms with E-state index in [1.807, 2.05) is 6.92 Å². The number of benzene rings is 1. The highest BCUT2D eigenvalue weighted by molar-refractivity contribution is 6.31. The summed E-state index contributed by atoms with van der Waals surface area (Å²) >= 11 is 6.46. The summed E-state index contributed by atoms with van der Waals surface area (Å²) in [5.41, 5.74) is 2.39. The van der Waals surface area contributed by atoms with Crippen LogP contribution in [0.2, 0.25) is 5.02 Å². The fraction of sp³-hybridized carbons (Fsp3) is 0.364. The third kappa shape index (κ3) is 4.14. The van der Waals surface area contributed by atoms with E-state index in [2.05, 4.69) is 4.98 Å². The van der Waals surface area contributed by atoms with Crippen LogP contribution in [0.15, 0.2) is 30.5 Å². The first-order chi connectivity index (χ1) is 14.7. The zero-order valence-corrected chi connectivity index (χ0v) is 17.8. The van der Waals surface area contributed by atoms with Crippen molar-refractivity contribution < 1.29 is 22.7 Å². The first kappa shape index (κ1) is 21.6. The van der Waals surface area contributed by atoms with E-state index in [9.17, 15) is 18.0 Å². The molecule has 0 atom stereocenters. The largest absolute Gasteiger partial charge is 0.433 e. The SMILES string of the molecule is Cc1c(C(=O)N2CCOCC2)ccc(Cl)c1Cc1cc2cnc(C(F)(F)F)cc2n1C. The molecule has 2 aromatic heterocycles. The second-order valence-electron chi connectivity index (χ2n) is 7.60. The lowest BCUT2D eigenvalue weighted by Gasteiger charge is -2.28. The van der Waals surface area contributed by atoms with Crippen molar-refractivity contribution in [2.45, 2.75) is 19.5 Å². The fourth-order valence-corrected chi connectivity index (χ4v) is 4.17. The fourth-order valence-electron chi connectivity index (χ4n) is 3.90. The molecule has 3 heterocycles. The van der Waals surface area contributed by atoms with Crippen molar-refractivity contribution in [3.05, 3.63) is 63.6 Å². The van der Waals surface area contributed by atoms with Gasteiger partial charge in [-0.05, 0) is 42.3 Å². The minimum absolute atomic E-state index is 0.0743. The van der Waals surface area contributed by atoms with Gasteiger partial charge in [0, 0.05) is 54.4 Å². The molecule has 0 bridgehead atoms. The number of morpholine rings is 1. The summed E-state index contributed by atoms with van der Waals surface area (Å²) in [6.45, 7) is 3.94. The molecule has 1 fully saturated rings. The van der Waals surface area contributed by atoms with Gasteiger partial charge in [-0.2, -0.15) is 13.2 Å². The van der Waals surface area contributed by atoms with Crippen LogP contribution in [-0.2, 0) is 24.4 Å². The van der Waals surface area contributed by atoms with Gasteiger partial charge in [-0.25, -0.2) is 0 Å². The molecule has 164 valence electrons. The molecular formula is C22H21ClF3N3O2. The van der Waals surface area contributed by atoms with Gasteiger partial charge in [-0.15, -0.1) is 0 Å². The molecule has 1 aliphatic rings. The lowest BCUT2D eigenvalue weighted by atomic mass is 9.97. The van der Waals surface area contributed by atoms with E-state index >= 15 is 0 Å². The predicted octanol–water partition coefficient (Wildman–Crippen LogP) is 4.62. The van der Waals surface area contributed by atoms with Gasteiger partial charge < -0.3 is 14.2 Å². The van der Waals surface area contributed by atoms with Gasteiger partial charge >= 0.3 is 6.18 Å². The van der Waals surface area contributed by atoms with Crippen molar-refractivity contribution in [1.82, 2.24) is 14.5 Å². The van der Waals surface area contributed by atoms with Crippen molar-refractivity contribution in [1.29, 1.82) is 0 Å². The number of rotatable bonds is 3. The summed E-state index contributed by atoms with van der Waals surface area (Å²) < 4.78 is 46.2. The molecular weight excluding hydrogens is 431 g/mol. The normalized spacial score (nSPS) is 15.0. The van der Waals surface area contributed by atoms with Crippen molar-refractivity contribution >= 4 is 28.4 Å². The highest BCUT2D eigenvalue weighted by Gasteiger charge is 2.33. The average Bonchev–Trinajstić information content (AvgIpc) is 3.05. The molecule has 0 aliphatic carbocycles. The van der Waals surface area contributed by atoms with Crippen molar-refractivity contribution in [3.8, 4) is 0 Å². The van der Waals surface area contributed by atoms with Crippen molar-refractivity contribution in [2.24, 2.45) is 7.05 Å². The number of carbonyl (C=O) groups excluding carboxylic acids is 1. The van der Waals surface area contributed by atoms with Crippen molar-refractivity contribution in [3.63, 3.8) is 0 Å². The average molecular weight is 452 g/mol. The van der Waals surface area contributed by atoms with Gasteiger partial charge in [0.1, 0.15) is 5.69 Å². The molecule has 4 rings (SSSR count). The molecule has 1 aromatic carbocycles. The standard InChI is InChI=1S/C22H21ClF3N3O2/c1-13-16(21(30)29-5-7-31-8-6-29)3-4-18(23)17(13)10-15-9-14-12-27-20(22(24,25)26)11-19(14)28(15)2/h3-4,9,11-12H,5-8,10H2,1-2H3. The van der Waals surface area contributed by atoms with Gasteiger partial charge in [0.15, 0.2) is 0 Å². The van der Waals surface area contributed by atoms with Crippen LogP contribution < -0.4 is 0 Å². The van der Waals surface area contributed by atoms with Crippen LogP contribution in [0.4, 0.5) is 13.2 Å². The molecule has 1 saturated heterocycles. The lowest BCUT2D eigenvalue weighted by Crippen LogP contribution is -2.41. The minimum Gasteiger partial charge on any atom is -0.378 e. The number of pyridine rings is 1. The van der Waals surface area contributed by atoms with E-state index < -0.39 is 11.9 Å². The zero-order valence-electron chi connectivity index (χ0n) is 17.1. The van der Waals surface area contributed by atoms with Gasteiger partial charge in [0.25, 0.3) is 5.91 Å². The van der Waals surface area contributed by atoms with Crippen LogP contribution in [0, 0.1) is 6.92 Å². The number of nitrogens with zero attached hydrogens (tertiary/aromatic N) is 3.